The second-order valence-electron chi connectivity index (χ2n) is 5.96. The molecule has 0 spiro atoms. The van der Waals surface area contributed by atoms with Crippen LogP contribution in [0.1, 0.15) is 30.5 Å². The molecule has 0 saturated heterocycles. The molecule has 0 bridgehead atoms. The summed E-state index contributed by atoms with van der Waals surface area (Å²) in [6, 6.07) is 7.06. The van der Waals surface area contributed by atoms with Gasteiger partial charge in [0.2, 0.25) is 0 Å². The van der Waals surface area contributed by atoms with Crippen molar-refractivity contribution in [3.8, 4) is 0 Å². The summed E-state index contributed by atoms with van der Waals surface area (Å²) in [5.74, 6) is -1.25. The Balaban J connectivity index is 2.23. The van der Waals surface area contributed by atoms with E-state index in [0.717, 1.165) is 11.1 Å². The molecule has 0 fully saturated rings. The van der Waals surface area contributed by atoms with Crippen LogP contribution in [0.25, 0.3) is 0 Å². The Morgan fingerprint density at radius 1 is 1.25 bits per heavy atom. The predicted octanol–water partition coefficient (Wildman–Crippen LogP) is 1.25. The molecular formula is C18H24N2O4. The van der Waals surface area contributed by atoms with Crippen LogP contribution in [0.4, 0.5) is 0 Å². The highest BCUT2D eigenvalue weighted by Crippen LogP contribution is 2.37. The molecule has 2 rings (SSSR count). The van der Waals surface area contributed by atoms with Gasteiger partial charge in [-0.1, -0.05) is 29.8 Å². The van der Waals surface area contributed by atoms with Crippen LogP contribution in [0.5, 0.6) is 0 Å². The summed E-state index contributed by atoms with van der Waals surface area (Å²) in [6.45, 7) is 4.94. The van der Waals surface area contributed by atoms with Crippen molar-refractivity contribution in [2.45, 2.75) is 26.3 Å². The van der Waals surface area contributed by atoms with E-state index < -0.39 is 17.7 Å². The number of benzene rings is 1. The topological polar surface area (TPSA) is 89.9 Å². The number of rotatable bonds is 8. The SMILES string of the molecule is CC(=O)C1=C(O)C(=O)N(CCCNCCO)[C@@H]1c1ccc(C)cc1. The fraction of sp³-hybridized carbons (Fsp3) is 0.444. The lowest BCUT2D eigenvalue weighted by Crippen LogP contribution is -2.33. The van der Waals surface area contributed by atoms with E-state index in [9.17, 15) is 14.7 Å². The van der Waals surface area contributed by atoms with E-state index in [1.54, 1.807) is 0 Å². The number of carbonyl (C=O) groups is 2. The van der Waals surface area contributed by atoms with E-state index in [2.05, 4.69) is 5.32 Å². The van der Waals surface area contributed by atoms with Crippen LogP contribution < -0.4 is 5.32 Å². The van der Waals surface area contributed by atoms with Gasteiger partial charge < -0.3 is 20.4 Å². The first-order chi connectivity index (χ1) is 11.5. The molecule has 1 aliphatic heterocycles. The number of hydrogen-bond donors (Lipinski definition) is 3. The van der Waals surface area contributed by atoms with Gasteiger partial charge in [0.05, 0.1) is 18.2 Å². The highest BCUT2D eigenvalue weighted by molar-refractivity contribution is 6.08. The van der Waals surface area contributed by atoms with Crippen molar-refractivity contribution in [2.75, 3.05) is 26.2 Å². The molecule has 0 radical (unpaired) electrons. The van der Waals surface area contributed by atoms with Crippen molar-refractivity contribution < 1.29 is 19.8 Å². The number of nitrogens with one attached hydrogen (secondary N) is 1. The summed E-state index contributed by atoms with van der Waals surface area (Å²) in [6.07, 6.45) is 0.659. The Kier molecular flexibility index (Phi) is 6.11. The minimum atomic E-state index is -0.548. The molecule has 0 saturated carbocycles. The lowest BCUT2D eigenvalue weighted by molar-refractivity contribution is -0.129. The van der Waals surface area contributed by atoms with E-state index in [-0.39, 0.29) is 18.0 Å². The molecule has 3 N–H and O–H groups in total. The molecule has 1 aromatic carbocycles. The van der Waals surface area contributed by atoms with Gasteiger partial charge in [-0.15, -0.1) is 0 Å². The molecule has 1 amide bonds. The number of ketones is 1. The summed E-state index contributed by atoms with van der Waals surface area (Å²) < 4.78 is 0. The molecule has 130 valence electrons. The Morgan fingerprint density at radius 2 is 1.92 bits per heavy atom. The van der Waals surface area contributed by atoms with Crippen LogP contribution in [-0.2, 0) is 9.59 Å². The predicted molar refractivity (Wildman–Crippen MR) is 90.5 cm³/mol. The van der Waals surface area contributed by atoms with Gasteiger partial charge in [0.25, 0.3) is 5.91 Å². The average molecular weight is 332 g/mol. The molecule has 0 unspecified atom stereocenters. The molecule has 1 aromatic rings. The first kappa shape index (κ1) is 18.2. The average Bonchev–Trinajstić information content (AvgIpc) is 2.80. The minimum absolute atomic E-state index is 0.0610. The van der Waals surface area contributed by atoms with Crippen LogP contribution in [0.3, 0.4) is 0 Å². The molecule has 6 nitrogen and oxygen atoms in total. The van der Waals surface area contributed by atoms with Crippen molar-refractivity contribution in [1.82, 2.24) is 10.2 Å². The van der Waals surface area contributed by atoms with Crippen molar-refractivity contribution in [3.63, 3.8) is 0 Å². The zero-order valence-corrected chi connectivity index (χ0v) is 14.1. The molecular weight excluding hydrogens is 308 g/mol. The number of carbonyl (C=O) groups excluding carboxylic acids is 2. The zero-order valence-electron chi connectivity index (χ0n) is 14.1. The number of hydrogen-bond acceptors (Lipinski definition) is 5. The van der Waals surface area contributed by atoms with Gasteiger partial charge in [-0.25, -0.2) is 0 Å². The Morgan fingerprint density at radius 3 is 2.50 bits per heavy atom. The maximum absolute atomic E-state index is 12.4. The van der Waals surface area contributed by atoms with E-state index in [0.29, 0.717) is 26.1 Å². The first-order valence-corrected chi connectivity index (χ1v) is 8.10. The van der Waals surface area contributed by atoms with E-state index in [4.69, 9.17) is 5.11 Å². The summed E-state index contributed by atoms with van der Waals surface area (Å²) in [5, 5.41) is 22.0. The second kappa shape index (κ2) is 8.08. The molecule has 1 heterocycles. The van der Waals surface area contributed by atoms with Gasteiger partial charge in [0, 0.05) is 13.1 Å². The zero-order chi connectivity index (χ0) is 17.7. The third-order valence-electron chi connectivity index (χ3n) is 4.12. The van der Waals surface area contributed by atoms with Gasteiger partial charge in [-0.2, -0.15) is 0 Å². The maximum atomic E-state index is 12.4. The van der Waals surface area contributed by atoms with E-state index >= 15 is 0 Å². The van der Waals surface area contributed by atoms with E-state index in [1.807, 2.05) is 31.2 Å². The summed E-state index contributed by atoms with van der Waals surface area (Å²) in [4.78, 5) is 25.9. The number of Topliss-reactive ketones (excluding diaryl/α,β-unsaturated/α-hetero) is 1. The largest absolute Gasteiger partial charge is 0.503 e. The standard InChI is InChI=1S/C18H24N2O4/c1-12-4-6-14(7-5-12)16-15(13(2)22)17(23)18(24)20(16)10-3-8-19-9-11-21/h4-7,16,19,21,23H,3,8-11H2,1-2H3/t16-/m1/s1. The van der Waals surface area contributed by atoms with Gasteiger partial charge in [-0.05, 0) is 32.4 Å². The summed E-state index contributed by atoms with van der Waals surface area (Å²) >= 11 is 0. The molecule has 1 atom stereocenters. The Labute approximate surface area is 141 Å². The highest BCUT2D eigenvalue weighted by atomic mass is 16.3. The van der Waals surface area contributed by atoms with Crippen molar-refractivity contribution in [2.24, 2.45) is 0 Å². The minimum Gasteiger partial charge on any atom is -0.503 e. The van der Waals surface area contributed by atoms with E-state index in [1.165, 1.54) is 11.8 Å². The maximum Gasteiger partial charge on any atom is 0.290 e. The third kappa shape index (κ3) is 3.83. The lowest BCUT2D eigenvalue weighted by atomic mass is 9.96. The number of aliphatic hydroxyl groups is 2. The number of amides is 1. The molecule has 0 aromatic heterocycles. The number of aryl methyl sites for hydroxylation is 1. The van der Waals surface area contributed by atoms with Crippen molar-refractivity contribution >= 4 is 11.7 Å². The van der Waals surface area contributed by atoms with Gasteiger partial charge in [0.1, 0.15) is 0 Å². The number of aliphatic hydroxyl groups excluding tert-OH is 2. The third-order valence-corrected chi connectivity index (χ3v) is 4.12. The fourth-order valence-corrected chi connectivity index (χ4v) is 2.92. The van der Waals surface area contributed by atoms with Crippen LogP contribution in [0.2, 0.25) is 0 Å². The van der Waals surface area contributed by atoms with Crippen LogP contribution in [0, 0.1) is 6.92 Å². The van der Waals surface area contributed by atoms with Crippen molar-refractivity contribution in [1.29, 1.82) is 0 Å². The lowest BCUT2D eigenvalue weighted by Gasteiger charge is -2.26. The van der Waals surface area contributed by atoms with Gasteiger partial charge in [0.15, 0.2) is 11.5 Å². The summed E-state index contributed by atoms with van der Waals surface area (Å²) in [7, 11) is 0. The smallest absolute Gasteiger partial charge is 0.290 e. The molecule has 6 heteroatoms. The Bertz CT molecular complexity index is 637. The fourth-order valence-electron chi connectivity index (χ4n) is 2.92. The van der Waals surface area contributed by atoms with Gasteiger partial charge in [-0.3, -0.25) is 9.59 Å². The van der Waals surface area contributed by atoms with Crippen molar-refractivity contribution in [3.05, 3.63) is 46.7 Å². The van der Waals surface area contributed by atoms with Crippen LogP contribution >= 0.6 is 0 Å². The second-order valence-corrected chi connectivity index (χ2v) is 5.96. The monoisotopic (exact) mass is 332 g/mol. The summed E-state index contributed by atoms with van der Waals surface area (Å²) in [5.41, 5.74) is 2.05. The normalized spacial score (nSPS) is 17.7. The highest BCUT2D eigenvalue weighted by Gasteiger charge is 2.41. The van der Waals surface area contributed by atoms with Crippen LogP contribution in [-0.4, -0.2) is 53.0 Å². The first-order valence-electron chi connectivity index (χ1n) is 8.10. The van der Waals surface area contributed by atoms with Gasteiger partial charge >= 0.3 is 0 Å². The molecule has 0 aliphatic carbocycles. The Hall–Kier alpha value is -2.18. The van der Waals surface area contributed by atoms with Crippen LogP contribution in [0.15, 0.2) is 35.6 Å². The molecule has 24 heavy (non-hydrogen) atoms. The molecule has 1 aliphatic rings. The quantitative estimate of drug-likeness (QED) is 0.624. The number of nitrogens with zero attached hydrogens (tertiary/aromatic N) is 1.